The molecule has 98 valence electrons. The molecule has 0 bridgehead atoms. The van der Waals surface area contributed by atoms with Crippen LogP contribution in [-0.4, -0.2) is 19.9 Å². The molecule has 1 heterocycles. The maximum absolute atomic E-state index is 11.1. The zero-order valence-electron chi connectivity index (χ0n) is 9.78. The largest absolute Gasteiger partial charge is 0.381 e. The molecule has 0 aliphatic heterocycles. The number of hydrogen-bond acceptors (Lipinski definition) is 5. The van der Waals surface area contributed by atoms with Gasteiger partial charge < -0.3 is 5.73 Å². The van der Waals surface area contributed by atoms with Gasteiger partial charge >= 0.3 is 0 Å². The smallest absolute Gasteiger partial charge is 0.296 e. The van der Waals surface area contributed by atoms with Gasteiger partial charge in [-0.2, -0.15) is 0 Å². The number of nitrogens with zero attached hydrogens (tertiary/aromatic N) is 4. The number of benzene rings is 1. The Balaban J connectivity index is 2.19. The number of aromatic nitrogens is 3. The summed E-state index contributed by atoms with van der Waals surface area (Å²) in [5.74, 6) is 0.651. The van der Waals surface area contributed by atoms with Gasteiger partial charge in [0.15, 0.2) is 5.82 Å². The van der Waals surface area contributed by atoms with E-state index in [1.165, 1.54) is 10.7 Å². The van der Waals surface area contributed by atoms with Gasteiger partial charge in [0.05, 0.1) is 10.6 Å². The van der Waals surface area contributed by atoms with Crippen molar-refractivity contribution in [2.75, 3.05) is 5.73 Å². The third-order valence-corrected chi connectivity index (χ3v) is 3.55. The lowest BCUT2D eigenvalue weighted by molar-refractivity contribution is -0.384. The SMILES string of the molecule is Nc1nnn(-c2ccc(Br)cc2[N+](=O)[O-])c1C1CC1. The van der Waals surface area contributed by atoms with Crippen LogP contribution in [0.4, 0.5) is 11.5 Å². The van der Waals surface area contributed by atoms with Crippen molar-refractivity contribution in [1.29, 1.82) is 0 Å². The molecule has 1 aliphatic carbocycles. The Morgan fingerprint density at radius 2 is 2.21 bits per heavy atom. The Morgan fingerprint density at radius 3 is 2.84 bits per heavy atom. The first-order valence-corrected chi connectivity index (χ1v) is 6.52. The molecule has 3 rings (SSSR count). The second-order valence-electron chi connectivity index (χ2n) is 4.44. The fourth-order valence-corrected chi connectivity index (χ4v) is 2.39. The van der Waals surface area contributed by atoms with E-state index in [9.17, 15) is 10.1 Å². The molecule has 0 atom stereocenters. The monoisotopic (exact) mass is 323 g/mol. The number of halogens is 1. The lowest BCUT2D eigenvalue weighted by Gasteiger charge is -2.06. The van der Waals surface area contributed by atoms with Crippen LogP contribution in [0.25, 0.3) is 5.69 Å². The second kappa shape index (κ2) is 4.30. The molecule has 19 heavy (non-hydrogen) atoms. The molecular weight excluding hydrogens is 314 g/mol. The number of rotatable bonds is 3. The number of nitro groups is 1. The molecule has 2 N–H and O–H groups in total. The minimum absolute atomic E-state index is 0.0267. The lowest BCUT2D eigenvalue weighted by Crippen LogP contribution is -2.06. The van der Waals surface area contributed by atoms with Gasteiger partial charge in [-0.3, -0.25) is 10.1 Å². The van der Waals surface area contributed by atoms with E-state index >= 15 is 0 Å². The van der Waals surface area contributed by atoms with Gasteiger partial charge in [-0.15, -0.1) is 5.10 Å². The highest BCUT2D eigenvalue weighted by Crippen LogP contribution is 2.43. The van der Waals surface area contributed by atoms with Crippen molar-refractivity contribution in [2.24, 2.45) is 0 Å². The molecular formula is C11H10BrN5O2. The van der Waals surface area contributed by atoms with E-state index in [1.807, 2.05) is 0 Å². The Bertz CT molecular complexity index is 665. The number of hydrogen-bond donors (Lipinski definition) is 1. The molecule has 1 aromatic carbocycles. The quantitative estimate of drug-likeness (QED) is 0.690. The summed E-state index contributed by atoms with van der Waals surface area (Å²) < 4.78 is 2.13. The van der Waals surface area contributed by atoms with Crippen LogP contribution in [0.15, 0.2) is 22.7 Å². The molecule has 1 saturated carbocycles. The first-order valence-electron chi connectivity index (χ1n) is 5.73. The number of nitro benzene ring substituents is 1. The maximum Gasteiger partial charge on any atom is 0.296 e. The van der Waals surface area contributed by atoms with Crippen LogP contribution in [-0.2, 0) is 0 Å². The fraction of sp³-hybridized carbons (Fsp3) is 0.273. The van der Waals surface area contributed by atoms with Crippen molar-refractivity contribution in [3.63, 3.8) is 0 Å². The summed E-state index contributed by atoms with van der Waals surface area (Å²) in [5.41, 5.74) is 6.93. The summed E-state index contributed by atoms with van der Waals surface area (Å²) in [6.07, 6.45) is 2.03. The van der Waals surface area contributed by atoms with Gasteiger partial charge in [-0.25, -0.2) is 4.68 Å². The fourth-order valence-electron chi connectivity index (χ4n) is 2.04. The Labute approximate surface area is 116 Å². The third kappa shape index (κ3) is 2.07. The van der Waals surface area contributed by atoms with Crippen LogP contribution in [0.3, 0.4) is 0 Å². The molecule has 0 radical (unpaired) electrons. The van der Waals surface area contributed by atoms with E-state index in [1.54, 1.807) is 12.1 Å². The second-order valence-corrected chi connectivity index (χ2v) is 5.35. The Kier molecular flexibility index (Phi) is 2.74. The van der Waals surface area contributed by atoms with Gasteiger partial charge in [-0.05, 0) is 25.0 Å². The average Bonchev–Trinajstić information content (AvgIpc) is 3.13. The van der Waals surface area contributed by atoms with Gasteiger partial charge in [-0.1, -0.05) is 21.1 Å². The van der Waals surface area contributed by atoms with Crippen molar-refractivity contribution in [2.45, 2.75) is 18.8 Å². The molecule has 8 heteroatoms. The number of anilines is 1. The first kappa shape index (κ1) is 12.1. The molecule has 1 aromatic heterocycles. The molecule has 7 nitrogen and oxygen atoms in total. The van der Waals surface area contributed by atoms with Crippen LogP contribution in [0.2, 0.25) is 0 Å². The summed E-state index contributed by atoms with van der Waals surface area (Å²) in [6.45, 7) is 0. The van der Waals surface area contributed by atoms with E-state index in [4.69, 9.17) is 5.73 Å². The molecule has 1 aliphatic rings. The molecule has 0 spiro atoms. The Morgan fingerprint density at radius 1 is 1.47 bits per heavy atom. The van der Waals surface area contributed by atoms with Crippen LogP contribution in [0, 0.1) is 10.1 Å². The van der Waals surface area contributed by atoms with E-state index < -0.39 is 4.92 Å². The van der Waals surface area contributed by atoms with Crippen LogP contribution in [0.1, 0.15) is 24.5 Å². The van der Waals surface area contributed by atoms with Crippen molar-refractivity contribution in [1.82, 2.24) is 15.0 Å². The maximum atomic E-state index is 11.1. The molecule has 0 amide bonds. The highest BCUT2D eigenvalue weighted by atomic mass is 79.9. The van der Waals surface area contributed by atoms with E-state index in [2.05, 4.69) is 26.2 Å². The van der Waals surface area contributed by atoms with Crippen LogP contribution >= 0.6 is 15.9 Å². The predicted molar refractivity (Wildman–Crippen MR) is 72.1 cm³/mol. The van der Waals surface area contributed by atoms with Gasteiger partial charge in [0.1, 0.15) is 5.69 Å². The van der Waals surface area contributed by atoms with Crippen molar-refractivity contribution in [3.05, 3.63) is 38.5 Å². The zero-order chi connectivity index (χ0) is 13.6. The van der Waals surface area contributed by atoms with E-state index in [0.29, 0.717) is 21.9 Å². The summed E-state index contributed by atoms with van der Waals surface area (Å²) in [6, 6.07) is 4.82. The predicted octanol–water partition coefficient (Wildman–Crippen LogP) is 2.40. The van der Waals surface area contributed by atoms with E-state index in [-0.39, 0.29) is 5.69 Å². The first-order chi connectivity index (χ1) is 9.08. The molecule has 2 aromatic rings. The lowest BCUT2D eigenvalue weighted by atomic mass is 10.2. The van der Waals surface area contributed by atoms with Crippen LogP contribution in [0.5, 0.6) is 0 Å². The highest BCUT2D eigenvalue weighted by molar-refractivity contribution is 9.10. The minimum atomic E-state index is -0.436. The van der Waals surface area contributed by atoms with Gasteiger partial charge in [0.25, 0.3) is 5.69 Å². The summed E-state index contributed by atoms with van der Waals surface area (Å²) >= 11 is 3.23. The van der Waals surface area contributed by atoms with Crippen molar-refractivity contribution < 1.29 is 4.92 Å². The van der Waals surface area contributed by atoms with Gasteiger partial charge in [0, 0.05) is 16.5 Å². The van der Waals surface area contributed by atoms with Crippen LogP contribution < -0.4 is 5.73 Å². The Hall–Kier alpha value is -1.96. The average molecular weight is 324 g/mol. The zero-order valence-corrected chi connectivity index (χ0v) is 11.4. The van der Waals surface area contributed by atoms with Gasteiger partial charge in [0.2, 0.25) is 0 Å². The van der Waals surface area contributed by atoms with Crippen molar-refractivity contribution in [3.8, 4) is 5.69 Å². The standard InChI is InChI=1S/C11H10BrN5O2/c12-7-3-4-8(9(5-7)17(18)19)16-10(6-1-2-6)11(13)14-15-16/h3-6H,1-2,13H2. The third-order valence-electron chi connectivity index (χ3n) is 3.06. The summed E-state index contributed by atoms with van der Waals surface area (Å²) in [4.78, 5) is 10.7. The topological polar surface area (TPSA) is 99.9 Å². The summed E-state index contributed by atoms with van der Waals surface area (Å²) in [7, 11) is 0. The normalized spacial score (nSPS) is 14.6. The molecule has 0 unspecified atom stereocenters. The molecule has 1 fully saturated rings. The molecule has 0 saturated heterocycles. The highest BCUT2D eigenvalue weighted by Gasteiger charge is 2.32. The minimum Gasteiger partial charge on any atom is -0.381 e. The number of nitrogens with two attached hydrogens (primary N) is 1. The number of nitrogen functional groups attached to an aromatic ring is 1. The van der Waals surface area contributed by atoms with Crippen molar-refractivity contribution >= 4 is 27.4 Å². The summed E-state index contributed by atoms with van der Waals surface area (Å²) in [5, 5.41) is 18.9. The van der Waals surface area contributed by atoms with E-state index in [0.717, 1.165) is 18.5 Å².